The van der Waals surface area contributed by atoms with Gasteiger partial charge in [-0.15, -0.1) is 0 Å². The largest absolute Gasteiger partial charge is 0.322 e. The number of carbonyl (C=O) groups is 1. The van der Waals surface area contributed by atoms with E-state index in [1.54, 1.807) is 0 Å². The summed E-state index contributed by atoms with van der Waals surface area (Å²) >= 11 is 0. The van der Waals surface area contributed by atoms with E-state index in [2.05, 4.69) is 17.3 Å². The van der Waals surface area contributed by atoms with Crippen molar-refractivity contribution in [1.29, 1.82) is 0 Å². The van der Waals surface area contributed by atoms with Gasteiger partial charge in [0.25, 0.3) is 0 Å². The molecule has 4 heteroatoms. The molecular weight excluding hydrogens is 238 g/mol. The molecule has 0 bridgehead atoms. The monoisotopic (exact) mass is 263 g/mol. The van der Waals surface area contributed by atoms with Crippen LogP contribution in [-0.4, -0.2) is 49.1 Å². The molecule has 1 aliphatic rings. The van der Waals surface area contributed by atoms with Crippen LogP contribution < -0.4 is 5.32 Å². The van der Waals surface area contributed by atoms with Gasteiger partial charge < -0.3 is 15.1 Å². The second-order valence-corrected chi connectivity index (χ2v) is 4.59. The van der Waals surface area contributed by atoms with Crippen molar-refractivity contribution in [3.05, 3.63) is 29.8 Å². The molecule has 0 saturated carbocycles. The highest BCUT2D eigenvalue weighted by Gasteiger charge is 2.18. The predicted molar refractivity (Wildman–Crippen MR) is 80.6 cm³/mol. The molecule has 1 fully saturated rings. The molecule has 0 aromatic heterocycles. The Morgan fingerprint density at radius 3 is 2.11 bits per heavy atom. The zero-order valence-electron chi connectivity index (χ0n) is 12.4. The average Bonchev–Trinajstić information content (AvgIpc) is 2.44. The minimum Gasteiger partial charge on any atom is -0.322 e. The normalized spacial score (nSPS) is 15.5. The van der Waals surface area contributed by atoms with E-state index in [4.69, 9.17) is 0 Å². The number of aryl methyl sites for hydroxylation is 1. The topological polar surface area (TPSA) is 35.6 Å². The van der Waals surface area contributed by atoms with E-state index in [1.165, 1.54) is 5.56 Å². The zero-order chi connectivity index (χ0) is 14.3. The molecular formula is C15H25N3O. The molecule has 0 atom stereocenters. The van der Waals surface area contributed by atoms with Crippen LogP contribution in [0.25, 0.3) is 0 Å². The number of likely N-dealkylation sites (N-methyl/N-ethyl adjacent to an activating group) is 1. The van der Waals surface area contributed by atoms with Crippen molar-refractivity contribution in [2.45, 2.75) is 20.8 Å². The molecule has 1 saturated heterocycles. The lowest BCUT2D eigenvalue weighted by molar-refractivity contribution is 0.164. The Kier molecular flexibility index (Phi) is 6.36. The van der Waals surface area contributed by atoms with Crippen LogP contribution in [0.15, 0.2) is 24.3 Å². The molecule has 1 aliphatic heterocycles. The predicted octanol–water partition coefficient (Wildman–Crippen LogP) is 2.80. The average molecular weight is 263 g/mol. The van der Waals surface area contributed by atoms with E-state index in [1.807, 2.05) is 49.9 Å². The van der Waals surface area contributed by atoms with Crippen molar-refractivity contribution >= 4 is 11.7 Å². The molecule has 1 heterocycles. The second kappa shape index (κ2) is 7.79. The first kappa shape index (κ1) is 15.5. The summed E-state index contributed by atoms with van der Waals surface area (Å²) in [6.07, 6.45) is 0. The van der Waals surface area contributed by atoms with Gasteiger partial charge in [0.05, 0.1) is 0 Å². The van der Waals surface area contributed by atoms with Crippen LogP contribution in [0.4, 0.5) is 10.5 Å². The molecule has 2 amide bonds. The fraction of sp³-hybridized carbons (Fsp3) is 0.533. The third-order valence-corrected chi connectivity index (χ3v) is 3.09. The number of hydrogen-bond donors (Lipinski definition) is 1. The lowest BCUT2D eigenvalue weighted by atomic mass is 10.2. The first-order valence-corrected chi connectivity index (χ1v) is 6.96. The summed E-state index contributed by atoms with van der Waals surface area (Å²) in [7, 11) is 2.08. The summed E-state index contributed by atoms with van der Waals surface area (Å²) in [5.74, 6) is 0. The maximum Gasteiger partial charge on any atom is 0.321 e. The van der Waals surface area contributed by atoms with Gasteiger partial charge in [-0.3, -0.25) is 0 Å². The number of amides is 2. The minimum atomic E-state index is 0.00181. The quantitative estimate of drug-likeness (QED) is 0.845. The van der Waals surface area contributed by atoms with E-state index in [-0.39, 0.29) is 6.03 Å². The Morgan fingerprint density at radius 2 is 1.58 bits per heavy atom. The van der Waals surface area contributed by atoms with Crippen LogP contribution in [0, 0.1) is 6.92 Å². The highest BCUT2D eigenvalue weighted by Crippen LogP contribution is 2.10. The van der Waals surface area contributed by atoms with Gasteiger partial charge in [-0.05, 0) is 26.1 Å². The van der Waals surface area contributed by atoms with Gasteiger partial charge in [0.1, 0.15) is 0 Å². The minimum absolute atomic E-state index is 0.00181. The summed E-state index contributed by atoms with van der Waals surface area (Å²) < 4.78 is 0. The van der Waals surface area contributed by atoms with Crippen LogP contribution in [0.1, 0.15) is 19.4 Å². The van der Waals surface area contributed by atoms with Crippen LogP contribution in [-0.2, 0) is 0 Å². The lowest BCUT2D eigenvalue weighted by Gasteiger charge is -2.32. The fourth-order valence-electron chi connectivity index (χ4n) is 1.85. The van der Waals surface area contributed by atoms with Crippen molar-refractivity contribution in [3.8, 4) is 0 Å². The standard InChI is InChI=1S/C13H19N3O.C2H6/c1-11-3-5-12(6-4-11)14-13(17)16-9-7-15(2)8-10-16;1-2/h3-6H,7-10H2,1-2H3,(H,14,17);1-2H3. The van der Waals surface area contributed by atoms with Crippen molar-refractivity contribution in [3.63, 3.8) is 0 Å². The highest BCUT2D eigenvalue weighted by atomic mass is 16.2. The lowest BCUT2D eigenvalue weighted by Crippen LogP contribution is -2.48. The summed E-state index contributed by atoms with van der Waals surface area (Å²) in [6, 6.07) is 7.87. The summed E-state index contributed by atoms with van der Waals surface area (Å²) in [4.78, 5) is 16.0. The molecule has 0 spiro atoms. The number of nitrogens with one attached hydrogen (secondary N) is 1. The summed E-state index contributed by atoms with van der Waals surface area (Å²) in [6.45, 7) is 9.52. The first-order chi connectivity index (χ1) is 9.15. The Labute approximate surface area is 116 Å². The molecule has 0 unspecified atom stereocenters. The number of anilines is 1. The fourth-order valence-corrected chi connectivity index (χ4v) is 1.85. The molecule has 19 heavy (non-hydrogen) atoms. The molecule has 4 nitrogen and oxygen atoms in total. The van der Waals surface area contributed by atoms with Crippen molar-refractivity contribution < 1.29 is 4.79 Å². The maximum absolute atomic E-state index is 12.0. The van der Waals surface area contributed by atoms with E-state index in [0.717, 1.165) is 31.9 Å². The van der Waals surface area contributed by atoms with Crippen LogP contribution in [0.3, 0.4) is 0 Å². The van der Waals surface area contributed by atoms with E-state index in [9.17, 15) is 4.79 Å². The maximum atomic E-state index is 12.0. The van der Waals surface area contributed by atoms with Crippen LogP contribution in [0.2, 0.25) is 0 Å². The molecule has 2 rings (SSSR count). The molecule has 1 aromatic rings. The molecule has 106 valence electrons. The first-order valence-electron chi connectivity index (χ1n) is 6.96. The van der Waals surface area contributed by atoms with Crippen LogP contribution >= 0.6 is 0 Å². The van der Waals surface area contributed by atoms with Gasteiger partial charge in [0.2, 0.25) is 0 Å². The number of rotatable bonds is 1. The highest BCUT2D eigenvalue weighted by molar-refractivity contribution is 5.89. The van der Waals surface area contributed by atoms with Gasteiger partial charge in [-0.25, -0.2) is 4.79 Å². The molecule has 1 aromatic carbocycles. The summed E-state index contributed by atoms with van der Waals surface area (Å²) in [5.41, 5.74) is 2.06. The number of piperazine rings is 1. The van der Waals surface area contributed by atoms with Gasteiger partial charge in [0, 0.05) is 31.9 Å². The third kappa shape index (κ3) is 4.91. The Bertz CT molecular complexity index is 381. The van der Waals surface area contributed by atoms with Gasteiger partial charge in [-0.1, -0.05) is 31.5 Å². The zero-order valence-corrected chi connectivity index (χ0v) is 12.4. The van der Waals surface area contributed by atoms with Crippen molar-refractivity contribution in [2.75, 3.05) is 38.5 Å². The molecule has 0 radical (unpaired) electrons. The molecule has 1 N–H and O–H groups in total. The smallest absolute Gasteiger partial charge is 0.321 e. The van der Waals surface area contributed by atoms with E-state index >= 15 is 0 Å². The Hall–Kier alpha value is -1.55. The molecule has 0 aliphatic carbocycles. The number of carbonyl (C=O) groups excluding carboxylic acids is 1. The number of urea groups is 1. The third-order valence-electron chi connectivity index (χ3n) is 3.09. The second-order valence-electron chi connectivity index (χ2n) is 4.59. The van der Waals surface area contributed by atoms with Gasteiger partial charge in [-0.2, -0.15) is 0 Å². The van der Waals surface area contributed by atoms with E-state index in [0.29, 0.717) is 0 Å². The van der Waals surface area contributed by atoms with Crippen molar-refractivity contribution in [2.24, 2.45) is 0 Å². The Balaban J connectivity index is 0.000000861. The number of hydrogen-bond acceptors (Lipinski definition) is 2. The van der Waals surface area contributed by atoms with Crippen LogP contribution in [0.5, 0.6) is 0 Å². The number of nitrogens with zero attached hydrogens (tertiary/aromatic N) is 2. The Morgan fingerprint density at radius 1 is 1.05 bits per heavy atom. The SMILES string of the molecule is CC.Cc1ccc(NC(=O)N2CCN(C)CC2)cc1. The van der Waals surface area contributed by atoms with E-state index < -0.39 is 0 Å². The van der Waals surface area contributed by atoms with Gasteiger partial charge in [0.15, 0.2) is 0 Å². The van der Waals surface area contributed by atoms with Gasteiger partial charge >= 0.3 is 6.03 Å². The van der Waals surface area contributed by atoms with Crippen molar-refractivity contribution in [1.82, 2.24) is 9.80 Å². The number of benzene rings is 1. The summed E-state index contributed by atoms with van der Waals surface area (Å²) in [5, 5.41) is 2.92.